The normalized spacial score (nSPS) is 9.94. The Morgan fingerprint density at radius 2 is 2.22 bits per heavy atom. The van der Waals surface area contributed by atoms with E-state index in [0.717, 1.165) is 15.7 Å². The van der Waals surface area contributed by atoms with Crippen molar-refractivity contribution in [1.82, 2.24) is 0 Å². The van der Waals surface area contributed by atoms with E-state index in [-0.39, 0.29) is 5.97 Å². The van der Waals surface area contributed by atoms with Crippen LogP contribution in [-0.2, 0) is 9.53 Å². The molecule has 0 saturated heterocycles. The number of hydrogen-bond acceptors (Lipinski definition) is 4. The minimum absolute atomic E-state index is 0.242. The van der Waals surface area contributed by atoms with Crippen molar-refractivity contribution in [3.8, 4) is 0 Å². The van der Waals surface area contributed by atoms with Crippen molar-refractivity contribution in [3.05, 3.63) is 28.2 Å². The summed E-state index contributed by atoms with van der Waals surface area (Å²) in [5.41, 5.74) is 7.39. The molecule has 0 saturated carbocycles. The molecule has 0 fully saturated rings. The van der Waals surface area contributed by atoms with Crippen molar-refractivity contribution in [2.45, 2.75) is 6.42 Å². The maximum absolute atomic E-state index is 11.1. The van der Waals surface area contributed by atoms with Gasteiger partial charge in [-0.25, -0.2) is 0 Å². The number of methoxy groups -OCH3 is 1. The highest BCUT2D eigenvalue weighted by Crippen LogP contribution is 2.27. The largest absolute Gasteiger partial charge is 0.469 e. The van der Waals surface area contributed by atoms with Crippen LogP contribution in [-0.4, -0.2) is 31.7 Å². The first-order valence-electron chi connectivity index (χ1n) is 5.33. The third kappa shape index (κ3) is 3.68. The molecule has 0 aliphatic carbocycles. The Morgan fingerprint density at radius 1 is 1.56 bits per heavy atom. The number of carbonyl (C=O) groups excluding carboxylic acids is 1. The van der Waals surface area contributed by atoms with Crippen LogP contribution in [0.15, 0.2) is 22.7 Å². The van der Waals surface area contributed by atoms with E-state index in [2.05, 4.69) is 20.7 Å². The van der Waals surface area contributed by atoms with E-state index in [0.29, 0.717) is 18.0 Å². The van der Waals surface area contributed by atoms with Gasteiger partial charge in [0.15, 0.2) is 0 Å². The molecule has 6 heteroatoms. The zero-order chi connectivity index (χ0) is 13.7. The van der Waals surface area contributed by atoms with Crippen LogP contribution < -0.4 is 10.6 Å². The van der Waals surface area contributed by atoms with Gasteiger partial charge in [0.05, 0.1) is 13.5 Å². The van der Waals surface area contributed by atoms with Gasteiger partial charge < -0.3 is 15.4 Å². The van der Waals surface area contributed by atoms with Crippen LogP contribution in [0.5, 0.6) is 0 Å². The number of halogens is 1. The van der Waals surface area contributed by atoms with E-state index in [9.17, 15) is 4.79 Å². The molecule has 0 amide bonds. The molecule has 0 aromatic heterocycles. The van der Waals surface area contributed by atoms with Crippen LogP contribution in [0.3, 0.4) is 0 Å². The van der Waals surface area contributed by atoms with E-state index in [1.165, 1.54) is 7.11 Å². The average molecular weight is 331 g/mol. The molecule has 0 radical (unpaired) electrons. The quantitative estimate of drug-likeness (QED) is 0.661. The van der Waals surface area contributed by atoms with Gasteiger partial charge in [-0.05, 0) is 28.1 Å². The summed E-state index contributed by atoms with van der Waals surface area (Å²) in [6.45, 7) is 0.540. The molecule has 0 spiro atoms. The van der Waals surface area contributed by atoms with E-state index < -0.39 is 0 Å². The summed E-state index contributed by atoms with van der Waals surface area (Å²) in [7, 11) is 3.26. The maximum atomic E-state index is 11.1. The third-order valence-electron chi connectivity index (χ3n) is 2.53. The summed E-state index contributed by atoms with van der Waals surface area (Å²) < 4.78 is 5.46. The van der Waals surface area contributed by atoms with Crippen molar-refractivity contribution >= 4 is 44.8 Å². The number of hydrogen-bond donors (Lipinski definition) is 1. The molecule has 98 valence electrons. The van der Waals surface area contributed by atoms with Gasteiger partial charge in [0.2, 0.25) is 0 Å². The number of ether oxygens (including phenoxy) is 1. The molecule has 4 nitrogen and oxygen atoms in total. The Morgan fingerprint density at radius 3 is 2.78 bits per heavy atom. The SMILES string of the molecule is COC(=O)CCN(C)c1cccc(Br)c1C(N)=S. The monoisotopic (exact) mass is 330 g/mol. The van der Waals surface area contributed by atoms with Crippen molar-refractivity contribution < 1.29 is 9.53 Å². The zero-order valence-electron chi connectivity index (χ0n) is 10.3. The summed E-state index contributed by atoms with van der Waals surface area (Å²) in [5.74, 6) is -0.242. The number of carbonyl (C=O) groups is 1. The highest BCUT2D eigenvalue weighted by Gasteiger charge is 2.13. The fourth-order valence-corrected chi connectivity index (χ4v) is 2.47. The number of thiocarbonyl (C=S) groups is 1. The zero-order valence-corrected chi connectivity index (χ0v) is 12.7. The molecule has 18 heavy (non-hydrogen) atoms. The van der Waals surface area contributed by atoms with Crippen molar-refractivity contribution in [2.24, 2.45) is 5.73 Å². The Hall–Kier alpha value is -1.14. The topological polar surface area (TPSA) is 55.6 Å². The molecule has 1 aromatic carbocycles. The molecule has 0 unspecified atom stereocenters. The van der Waals surface area contributed by atoms with E-state index in [4.69, 9.17) is 18.0 Å². The van der Waals surface area contributed by atoms with Gasteiger partial charge in [-0.1, -0.05) is 18.3 Å². The van der Waals surface area contributed by atoms with Crippen molar-refractivity contribution in [1.29, 1.82) is 0 Å². The Bertz CT molecular complexity index is 465. The minimum Gasteiger partial charge on any atom is -0.469 e. The maximum Gasteiger partial charge on any atom is 0.307 e. The predicted octanol–water partition coefficient (Wildman–Crippen LogP) is 2.08. The van der Waals surface area contributed by atoms with Crippen LogP contribution in [0.25, 0.3) is 0 Å². The minimum atomic E-state index is -0.242. The van der Waals surface area contributed by atoms with Crippen LogP contribution >= 0.6 is 28.1 Å². The molecule has 0 bridgehead atoms. The van der Waals surface area contributed by atoms with E-state index in [1.54, 1.807) is 0 Å². The summed E-state index contributed by atoms with van der Waals surface area (Å²) >= 11 is 8.47. The van der Waals surface area contributed by atoms with Crippen LogP contribution in [0.2, 0.25) is 0 Å². The lowest BCUT2D eigenvalue weighted by atomic mass is 10.1. The molecular formula is C12H15BrN2O2S. The van der Waals surface area contributed by atoms with Gasteiger partial charge in [-0.3, -0.25) is 4.79 Å². The fourth-order valence-electron chi connectivity index (χ4n) is 1.56. The summed E-state index contributed by atoms with van der Waals surface area (Å²) in [6, 6.07) is 5.69. The molecule has 0 aliphatic heterocycles. The molecule has 1 rings (SSSR count). The molecule has 1 aromatic rings. The number of rotatable bonds is 5. The van der Waals surface area contributed by atoms with Crippen LogP contribution in [0, 0.1) is 0 Å². The number of benzene rings is 1. The lowest BCUT2D eigenvalue weighted by Crippen LogP contribution is -2.25. The smallest absolute Gasteiger partial charge is 0.307 e. The summed E-state index contributed by atoms with van der Waals surface area (Å²) in [6.07, 6.45) is 0.316. The number of nitrogens with zero attached hydrogens (tertiary/aromatic N) is 1. The average Bonchev–Trinajstić information content (AvgIpc) is 2.34. The predicted molar refractivity (Wildman–Crippen MR) is 79.9 cm³/mol. The number of esters is 1. The van der Waals surface area contributed by atoms with Gasteiger partial charge in [0.1, 0.15) is 4.99 Å². The van der Waals surface area contributed by atoms with Crippen LogP contribution in [0.1, 0.15) is 12.0 Å². The summed E-state index contributed by atoms with van der Waals surface area (Å²) in [5, 5.41) is 0. The number of nitrogens with two attached hydrogens (primary N) is 1. The Labute approximate surface area is 120 Å². The van der Waals surface area contributed by atoms with Gasteiger partial charge >= 0.3 is 5.97 Å². The standard InChI is InChI=1S/C12H15BrN2O2S/c1-15(7-6-10(16)17-2)9-5-3-4-8(13)11(9)12(14)18/h3-5H,6-7H2,1-2H3,(H2,14,18). The van der Waals surface area contributed by atoms with E-state index >= 15 is 0 Å². The molecule has 0 atom stereocenters. The lowest BCUT2D eigenvalue weighted by Gasteiger charge is -2.22. The van der Waals surface area contributed by atoms with Gasteiger partial charge in [-0.15, -0.1) is 0 Å². The van der Waals surface area contributed by atoms with Crippen molar-refractivity contribution in [3.63, 3.8) is 0 Å². The Kier molecular flexibility index (Phi) is 5.55. The molecule has 0 heterocycles. The second-order valence-corrected chi connectivity index (χ2v) is 5.04. The molecule has 2 N–H and O–H groups in total. The van der Waals surface area contributed by atoms with Crippen molar-refractivity contribution in [2.75, 3.05) is 25.6 Å². The molecule has 0 aliphatic rings. The van der Waals surface area contributed by atoms with Crippen LogP contribution in [0.4, 0.5) is 5.69 Å². The fraction of sp³-hybridized carbons (Fsp3) is 0.333. The van der Waals surface area contributed by atoms with Gasteiger partial charge in [-0.2, -0.15) is 0 Å². The first-order chi connectivity index (χ1) is 8.47. The first kappa shape index (κ1) is 14.9. The highest BCUT2D eigenvalue weighted by molar-refractivity contribution is 9.10. The second-order valence-electron chi connectivity index (χ2n) is 3.75. The number of anilines is 1. The summed E-state index contributed by atoms with van der Waals surface area (Å²) in [4.78, 5) is 13.4. The third-order valence-corrected chi connectivity index (χ3v) is 3.39. The van der Waals surface area contributed by atoms with Gasteiger partial charge in [0, 0.05) is 29.3 Å². The Balaban J connectivity index is 2.92. The van der Waals surface area contributed by atoms with Gasteiger partial charge in [0.25, 0.3) is 0 Å². The first-order valence-corrected chi connectivity index (χ1v) is 6.53. The van der Waals surface area contributed by atoms with E-state index in [1.807, 2.05) is 30.1 Å². The lowest BCUT2D eigenvalue weighted by molar-refractivity contribution is -0.140. The second kappa shape index (κ2) is 6.70. The molecular weight excluding hydrogens is 316 g/mol. The highest BCUT2D eigenvalue weighted by atomic mass is 79.9.